The van der Waals surface area contributed by atoms with Crippen LogP contribution >= 0.6 is 15.9 Å². The van der Waals surface area contributed by atoms with Gasteiger partial charge in [-0.2, -0.15) is 5.10 Å². The van der Waals surface area contributed by atoms with E-state index in [1.54, 1.807) is 0 Å². The Morgan fingerprint density at radius 2 is 1.82 bits per heavy atom. The third kappa shape index (κ3) is 2.28. The highest BCUT2D eigenvalue weighted by Crippen LogP contribution is 2.23. The molecule has 2 aromatic rings. The molecule has 1 aromatic carbocycles. The molecule has 3 nitrogen and oxygen atoms in total. The second-order valence-electron chi connectivity index (χ2n) is 4.26. The molecule has 0 bridgehead atoms. The van der Waals surface area contributed by atoms with Crippen LogP contribution in [-0.4, -0.2) is 9.78 Å². The molecule has 0 amide bonds. The average Bonchev–Trinajstić information content (AvgIpc) is 2.55. The molecule has 17 heavy (non-hydrogen) atoms. The van der Waals surface area contributed by atoms with Crippen LogP contribution in [0.15, 0.2) is 28.7 Å². The lowest BCUT2D eigenvalue weighted by molar-refractivity contribution is 0.795. The summed E-state index contributed by atoms with van der Waals surface area (Å²) < 4.78 is 3.01. The summed E-state index contributed by atoms with van der Waals surface area (Å²) in [7, 11) is 0. The monoisotopic (exact) mass is 293 g/mol. The molecule has 0 saturated carbocycles. The van der Waals surface area contributed by atoms with Gasteiger partial charge in [-0.05, 0) is 45.0 Å². The Hall–Kier alpha value is -1.13. The quantitative estimate of drug-likeness (QED) is 0.923. The van der Waals surface area contributed by atoms with E-state index in [-0.39, 0.29) is 6.04 Å². The minimum Gasteiger partial charge on any atom is -0.324 e. The van der Waals surface area contributed by atoms with Crippen molar-refractivity contribution in [3.05, 3.63) is 45.7 Å². The van der Waals surface area contributed by atoms with E-state index in [4.69, 9.17) is 5.73 Å². The van der Waals surface area contributed by atoms with Crippen LogP contribution < -0.4 is 5.73 Å². The van der Waals surface area contributed by atoms with Crippen LogP contribution in [-0.2, 0) is 0 Å². The molecule has 1 unspecified atom stereocenters. The van der Waals surface area contributed by atoms with Gasteiger partial charge in [-0.3, -0.25) is 0 Å². The summed E-state index contributed by atoms with van der Waals surface area (Å²) in [6, 6.07) is 8.11. The van der Waals surface area contributed by atoms with E-state index < -0.39 is 0 Å². The minimum absolute atomic E-state index is 0.0131. The Bertz CT molecular complexity index is 526. The summed E-state index contributed by atoms with van der Waals surface area (Å²) in [5.41, 5.74) is 10.3. The van der Waals surface area contributed by atoms with Crippen molar-refractivity contribution in [3.8, 4) is 5.69 Å². The summed E-state index contributed by atoms with van der Waals surface area (Å²) in [4.78, 5) is 0. The minimum atomic E-state index is 0.0131. The first kappa shape index (κ1) is 12.3. The van der Waals surface area contributed by atoms with Crippen LogP contribution in [0.25, 0.3) is 5.69 Å². The van der Waals surface area contributed by atoms with Gasteiger partial charge in [-0.25, -0.2) is 4.68 Å². The lowest BCUT2D eigenvalue weighted by Gasteiger charge is -2.07. The lowest BCUT2D eigenvalue weighted by Crippen LogP contribution is -2.07. The van der Waals surface area contributed by atoms with Crippen LogP contribution in [0, 0.1) is 13.8 Å². The molecule has 90 valence electrons. The number of nitrogens with zero attached hydrogens (tertiary/aromatic N) is 2. The zero-order valence-electron chi connectivity index (χ0n) is 10.2. The van der Waals surface area contributed by atoms with E-state index in [1.807, 2.05) is 42.8 Å². The number of hydrogen-bond acceptors (Lipinski definition) is 2. The number of hydrogen-bond donors (Lipinski definition) is 1. The smallest absolute Gasteiger partial charge is 0.0649 e. The predicted octanol–water partition coefficient (Wildman–Crippen LogP) is 3.27. The van der Waals surface area contributed by atoms with Crippen LogP contribution in [0.2, 0.25) is 0 Å². The third-order valence-corrected chi connectivity index (χ3v) is 3.40. The van der Waals surface area contributed by atoms with E-state index in [0.29, 0.717) is 0 Å². The molecule has 1 atom stereocenters. The zero-order valence-corrected chi connectivity index (χ0v) is 11.8. The van der Waals surface area contributed by atoms with Gasteiger partial charge >= 0.3 is 0 Å². The van der Waals surface area contributed by atoms with Crippen LogP contribution in [0.1, 0.15) is 29.9 Å². The molecule has 2 N–H and O–H groups in total. The maximum Gasteiger partial charge on any atom is 0.0649 e. The largest absolute Gasteiger partial charge is 0.324 e. The summed E-state index contributed by atoms with van der Waals surface area (Å²) in [6.45, 7) is 6.05. The molecule has 0 radical (unpaired) electrons. The Kier molecular flexibility index (Phi) is 3.35. The van der Waals surface area contributed by atoms with Gasteiger partial charge in [0.1, 0.15) is 0 Å². The van der Waals surface area contributed by atoms with E-state index >= 15 is 0 Å². The Morgan fingerprint density at radius 1 is 1.24 bits per heavy atom. The van der Waals surface area contributed by atoms with Crippen molar-refractivity contribution in [1.29, 1.82) is 0 Å². The first-order chi connectivity index (χ1) is 8.00. The van der Waals surface area contributed by atoms with Crippen LogP contribution in [0.4, 0.5) is 0 Å². The first-order valence-electron chi connectivity index (χ1n) is 5.58. The van der Waals surface area contributed by atoms with Gasteiger partial charge in [-0.15, -0.1) is 0 Å². The fourth-order valence-electron chi connectivity index (χ4n) is 2.15. The molecule has 0 aliphatic rings. The van der Waals surface area contributed by atoms with Crippen molar-refractivity contribution in [2.45, 2.75) is 26.8 Å². The van der Waals surface area contributed by atoms with Crippen molar-refractivity contribution in [2.75, 3.05) is 0 Å². The number of aromatic nitrogens is 2. The molecule has 0 spiro atoms. The van der Waals surface area contributed by atoms with Gasteiger partial charge in [0.05, 0.1) is 11.4 Å². The van der Waals surface area contributed by atoms with Gasteiger partial charge < -0.3 is 5.73 Å². The van der Waals surface area contributed by atoms with Crippen molar-refractivity contribution >= 4 is 15.9 Å². The maximum absolute atomic E-state index is 5.97. The van der Waals surface area contributed by atoms with Gasteiger partial charge in [-0.1, -0.05) is 15.9 Å². The molecule has 1 heterocycles. The molecule has 4 heteroatoms. The molecule has 0 fully saturated rings. The first-order valence-corrected chi connectivity index (χ1v) is 6.37. The second-order valence-corrected chi connectivity index (χ2v) is 5.18. The third-order valence-electron chi connectivity index (χ3n) is 2.87. The number of nitrogens with two attached hydrogens (primary N) is 1. The summed E-state index contributed by atoms with van der Waals surface area (Å²) >= 11 is 3.43. The normalized spacial score (nSPS) is 12.8. The summed E-state index contributed by atoms with van der Waals surface area (Å²) in [5, 5.41) is 4.55. The molecule has 1 aromatic heterocycles. The van der Waals surface area contributed by atoms with Gasteiger partial charge in [0.15, 0.2) is 0 Å². The van der Waals surface area contributed by atoms with E-state index in [9.17, 15) is 0 Å². The predicted molar refractivity (Wildman–Crippen MR) is 73.3 cm³/mol. The molecular weight excluding hydrogens is 278 g/mol. The molecular formula is C13H16BrN3. The highest BCUT2D eigenvalue weighted by atomic mass is 79.9. The zero-order chi connectivity index (χ0) is 12.6. The van der Waals surface area contributed by atoms with Crippen LogP contribution in [0.5, 0.6) is 0 Å². The fourth-order valence-corrected chi connectivity index (χ4v) is 2.41. The number of benzene rings is 1. The standard InChI is InChI=1S/C13H16BrN3/c1-8(15)13-9(2)16-17(10(13)3)12-6-4-11(14)5-7-12/h4-8H,15H2,1-3H3. The highest BCUT2D eigenvalue weighted by molar-refractivity contribution is 9.10. The fraction of sp³-hybridized carbons (Fsp3) is 0.308. The van der Waals surface area contributed by atoms with Gasteiger partial charge in [0.2, 0.25) is 0 Å². The van der Waals surface area contributed by atoms with Crippen LogP contribution in [0.3, 0.4) is 0 Å². The summed E-state index contributed by atoms with van der Waals surface area (Å²) in [5.74, 6) is 0. The topological polar surface area (TPSA) is 43.8 Å². The van der Waals surface area contributed by atoms with E-state index in [2.05, 4.69) is 28.0 Å². The molecule has 0 aliphatic heterocycles. The van der Waals surface area contributed by atoms with Gasteiger partial charge in [0.25, 0.3) is 0 Å². The van der Waals surface area contributed by atoms with E-state index in [1.165, 1.54) is 0 Å². The second kappa shape index (κ2) is 4.63. The maximum atomic E-state index is 5.97. The van der Waals surface area contributed by atoms with E-state index in [0.717, 1.165) is 27.1 Å². The Labute approximate surface area is 110 Å². The number of halogens is 1. The highest BCUT2D eigenvalue weighted by Gasteiger charge is 2.15. The van der Waals surface area contributed by atoms with Crippen molar-refractivity contribution in [2.24, 2.45) is 5.73 Å². The average molecular weight is 294 g/mol. The Balaban J connectivity index is 2.53. The van der Waals surface area contributed by atoms with Crippen molar-refractivity contribution < 1.29 is 0 Å². The molecule has 0 aliphatic carbocycles. The van der Waals surface area contributed by atoms with Gasteiger partial charge in [0, 0.05) is 21.8 Å². The number of rotatable bonds is 2. The van der Waals surface area contributed by atoms with Crippen molar-refractivity contribution in [1.82, 2.24) is 9.78 Å². The number of aryl methyl sites for hydroxylation is 1. The SMILES string of the molecule is Cc1nn(-c2ccc(Br)cc2)c(C)c1C(C)N. The molecule has 0 saturated heterocycles. The summed E-state index contributed by atoms with van der Waals surface area (Å²) in [6.07, 6.45) is 0. The Morgan fingerprint density at radius 3 is 2.29 bits per heavy atom. The van der Waals surface area contributed by atoms with Crippen molar-refractivity contribution in [3.63, 3.8) is 0 Å². The lowest BCUT2D eigenvalue weighted by atomic mass is 10.1. The molecule has 2 rings (SSSR count).